The molecule has 0 aromatic heterocycles. The van der Waals surface area contributed by atoms with Gasteiger partial charge in [-0.2, -0.15) is 0 Å². The summed E-state index contributed by atoms with van der Waals surface area (Å²) in [5.41, 5.74) is 1.35. The lowest BCUT2D eigenvalue weighted by atomic mass is 9.45. The van der Waals surface area contributed by atoms with Gasteiger partial charge in [0.1, 0.15) is 6.61 Å². The quantitative estimate of drug-likeness (QED) is 0.832. The normalized spacial score (nSPS) is 48.4. The van der Waals surface area contributed by atoms with Crippen molar-refractivity contribution in [3.63, 3.8) is 0 Å². The number of hydrogen-bond acceptors (Lipinski definition) is 3. The lowest BCUT2D eigenvalue weighted by molar-refractivity contribution is -0.136. The zero-order valence-corrected chi connectivity index (χ0v) is 15.6. The van der Waals surface area contributed by atoms with Gasteiger partial charge in [-0.3, -0.25) is 9.59 Å². The molecule has 0 aromatic carbocycles. The molecule has 0 aromatic rings. The summed E-state index contributed by atoms with van der Waals surface area (Å²) in [5.74, 6) is 1.91. The molecular formula is C22H30O3. The summed E-state index contributed by atoms with van der Waals surface area (Å²) in [6, 6.07) is 0. The van der Waals surface area contributed by atoms with Crippen molar-refractivity contribution in [3.8, 4) is 0 Å². The summed E-state index contributed by atoms with van der Waals surface area (Å²) in [7, 11) is 0. The average molecular weight is 342 g/mol. The number of carbonyl (C=O) groups is 2. The molecule has 0 aliphatic heterocycles. The predicted molar refractivity (Wildman–Crippen MR) is 96.7 cm³/mol. The van der Waals surface area contributed by atoms with Crippen molar-refractivity contribution in [2.75, 3.05) is 6.61 Å². The summed E-state index contributed by atoms with van der Waals surface area (Å²) < 4.78 is 0. The van der Waals surface area contributed by atoms with E-state index in [1.54, 1.807) is 12.2 Å². The van der Waals surface area contributed by atoms with Gasteiger partial charge >= 0.3 is 0 Å². The summed E-state index contributed by atoms with van der Waals surface area (Å²) in [6.07, 6.45) is 11.0. The zero-order chi connectivity index (χ0) is 18.0. The van der Waals surface area contributed by atoms with Crippen LogP contribution >= 0.6 is 0 Å². The number of ketones is 2. The molecule has 0 bridgehead atoms. The molecule has 0 heterocycles. The first-order valence-corrected chi connectivity index (χ1v) is 9.86. The highest BCUT2D eigenvalue weighted by atomic mass is 16.3. The smallest absolute Gasteiger partial charge is 0.178 e. The maximum atomic E-state index is 12.7. The van der Waals surface area contributed by atoms with E-state index in [1.165, 1.54) is 19.3 Å². The Labute approximate surface area is 150 Å². The molecule has 136 valence electrons. The third-order valence-electron chi connectivity index (χ3n) is 8.17. The summed E-state index contributed by atoms with van der Waals surface area (Å²) in [6.45, 7) is 6.66. The average Bonchev–Trinajstić information content (AvgIpc) is 2.88. The molecule has 3 nitrogen and oxygen atoms in total. The molecule has 3 heteroatoms. The highest BCUT2D eigenvalue weighted by molar-refractivity contribution is 6.01. The van der Waals surface area contributed by atoms with Crippen molar-refractivity contribution in [1.29, 1.82) is 0 Å². The number of allylic oxidation sites excluding steroid dienone is 4. The Kier molecular flexibility index (Phi) is 3.88. The van der Waals surface area contributed by atoms with Crippen LogP contribution in [0.5, 0.6) is 0 Å². The standard InChI is InChI=1S/C22H30O3/c1-13-8-18-20-16(19(25)12-23)10-14-9-15(24)4-7-22(14,3)17(20)5-6-21(18,2)11-13/h4,7,9,13,16-18,20,23H,5-6,8,10-12H2,1-3H3. The summed E-state index contributed by atoms with van der Waals surface area (Å²) in [4.78, 5) is 24.6. The minimum atomic E-state index is -0.374. The maximum absolute atomic E-state index is 12.7. The van der Waals surface area contributed by atoms with Gasteiger partial charge < -0.3 is 5.11 Å². The second-order valence-corrected chi connectivity index (χ2v) is 9.65. The molecule has 0 saturated heterocycles. The fourth-order valence-electron chi connectivity index (χ4n) is 7.07. The number of Topliss-reactive ketones (excluding diaryl/α,β-unsaturated/α-hetero) is 1. The van der Waals surface area contributed by atoms with Crippen LogP contribution in [-0.2, 0) is 9.59 Å². The Balaban J connectivity index is 1.80. The molecule has 3 saturated carbocycles. The van der Waals surface area contributed by atoms with E-state index in [9.17, 15) is 14.7 Å². The van der Waals surface area contributed by atoms with E-state index >= 15 is 0 Å². The Bertz CT molecular complexity index is 675. The highest BCUT2D eigenvalue weighted by Gasteiger charge is 2.60. The lowest BCUT2D eigenvalue weighted by Crippen LogP contribution is -2.53. The van der Waals surface area contributed by atoms with Crippen LogP contribution in [0.4, 0.5) is 0 Å². The number of aliphatic hydroxyl groups excluding tert-OH is 1. The van der Waals surface area contributed by atoms with Crippen LogP contribution in [0.15, 0.2) is 23.8 Å². The van der Waals surface area contributed by atoms with Gasteiger partial charge in [-0.1, -0.05) is 32.4 Å². The molecular weight excluding hydrogens is 312 g/mol. The Morgan fingerprint density at radius 2 is 2.08 bits per heavy atom. The van der Waals surface area contributed by atoms with Crippen molar-refractivity contribution in [2.45, 2.75) is 52.9 Å². The van der Waals surface area contributed by atoms with E-state index in [1.807, 2.05) is 0 Å². The third kappa shape index (κ3) is 2.42. The Morgan fingerprint density at radius 1 is 1.32 bits per heavy atom. The van der Waals surface area contributed by atoms with Crippen molar-refractivity contribution in [1.82, 2.24) is 0 Å². The molecule has 3 fully saturated rings. The summed E-state index contributed by atoms with van der Waals surface area (Å²) >= 11 is 0. The zero-order valence-electron chi connectivity index (χ0n) is 15.6. The minimum absolute atomic E-state index is 0.0243. The van der Waals surface area contributed by atoms with Gasteiger partial charge in [-0.25, -0.2) is 0 Å². The first kappa shape index (κ1) is 17.2. The van der Waals surface area contributed by atoms with Crippen molar-refractivity contribution in [3.05, 3.63) is 23.8 Å². The maximum Gasteiger partial charge on any atom is 0.178 e. The second kappa shape index (κ2) is 5.64. The van der Waals surface area contributed by atoms with Crippen molar-refractivity contribution >= 4 is 11.6 Å². The molecule has 4 aliphatic rings. The predicted octanol–water partition coefficient (Wildman–Crippen LogP) is 3.72. The van der Waals surface area contributed by atoms with Crippen molar-refractivity contribution in [2.24, 2.45) is 40.4 Å². The number of hydrogen-bond donors (Lipinski definition) is 1. The van der Waals surface area contributed by atoms with Crippen LogP contribution in [-0.4, -0.2) is 23.3 Å². The molecule has 4 rings (SSSR count). The van der Waals surface area contributed by atoms with Crippen LogP contribution in [0.25, 0.3) is 0 Å². The van der Waals surface area contributed by atoms with Crippen LogP contribution in [0, 0.1) is 40.4 Å². The van der Waals surface area contributed by atoms with Gasteiger partial charge in [-0.15, -0.1) is 0 Å². The number of fused-ring (bicyclic) bond motifs is 5. The Hall–Kier alpha value is -1.22. The van der Waals surface area contributed by atoms with Gasteiger partial charge in [0.05, 0.1) is 0 Å². The van der Waals surface area contributed by atoms with Crippen LogP contribution < -0.4 is 0 Å². The fourth-order valence-corrected chi connectivity index (χ4v) is 7.07. The van der Waals surface area contributed by atoms with Gasteiger partial charge in [0.25, 0.3) is 0 Å². The van der Waals surface area contributed by atoms with Crippen LogP contribution in [0.2, 0.25) is 0 Å². The molecule has 7 atom stereocenters. The first-order valence-electron chi connectivity index (χ1n) is 9.86. The second-order valence-electron chi connectivity index (χ2n) is 9.65. The third-order valence-corrected chi connectivity index (χ3v) is 8.17. The van der Waals surface area contributed by atoms with Crippen LogP contribution in [0.1, 0.15) is 52.9 Å². The van der Waals surface area contributed by atoms with E-state index in [-0.39, 0.29) is 29.5 Å². The molecule has 0 spiro atoms. The Morgan fingerprint density at radius 3 is 2.80 bits per heavy atom. The number of carbonyl (C=O) groups excluding carboxylic acids is 2. The topological polar surface area (TPSA) is 54.4 Å². The van der Waals surface area contributed by atoms with Gasteiger partial charge in [0.15, 0.2) is 11.6 Å². The number of rotatable bonds is 2. The summed E-state index contributed by atoms with van der Waals surface area (Å²) in [5, 5.41) is 9.60. The molecule has 0 amide bonds. The molecule has 1 N–H and O–H groups in total. The minimum Gasteiger partial charge on any atom is -0.389 e. The first-order chi connectivity index (χ1) is 11.8. The SMILES string of the molecule is CC1CC2C3C(C(=O)CO)CC4=CC(=O)C=CC4(C)C3CCC2(C)C1. The fraction of sp³-hybridized carbons (Fsp3) is 0.727. The van der Waals surface area contributed by atoms with E-state index in [2.05, 4.69) is 26.8 Å². The lowest BCUT2D eigenvalue weighted by Gasteiger charge is -2.58. The van der Waals surface area contributed by atoms with Crippen molar-refractivity contribution < 1.29 is 14.7 Å². The van der Waals surface area contributed by atoms with Gasteiger partial charge in [0, 0.05) is 11.3 Å². The number of aliphatic hydroxyl groups is 1. The molecule has 7 unspecified atom stereocenters. The molecule has 4 aliphatic carbocycles. The monoisotopic (exact) mass is 342 g/mol. The van der Waals surface area contributed by atoms with E-state index in [0.29, 0.717) is 35.5 Å². The van der Waals surface area contributed by atoms with Gasteiger partial charge in [-0.05, 0) is 73.3 Å². The highest BCUT2D eigenvalue weighted by Crippen LogP contribution is 2.66. The van der Waals surface area contributed by atoms with E-state index in [4.69, 9.17) is 0 Å². The molecule has 0 radical (unpaired) electrons. The van der Waals surface area contributed by atoms with Gasteiger partial charge in [0.2, 0.25) is 0 Å². The molecule has 25 heavy (non-hydrogen) atoms. The van der Waals surface area contributed by atoms with Crippen LogP contribution in [0.3, 0.4) is 0 Å². The van der Waals surface area contributed by atoms with E-state index in [0.717, 1.165) is 12.0 Å². The largest absolute Gasteiger partial charge is 0.389 e. The van der Waals surface area contributed by atoms with E-state index < -0.39 is 0 Å².